The summed E-state index contributed by atoms with van der Waals surface area (Å²) in [5.41, 5.74) is 0. The first-order valence-electron chi connectivity index (χ1n) is 5.46. The second kappa shape index (κ2) is 6.22. The van der Waals surface area contributed by atoms with Crippen LogP contribution >= 0.6 is 0 Å². The third-order valence-corrected chi connectivity index (χ3v) is 2.11. The lowest BCUT2D eigenvalue weighted by Gasteiger charge is -2.07. The summed E-state index contributed by atoms with van der Waals surface area (Å²) in [4.78, 5) is 8.59. The third kappa shape index (κ3) is 3.73. The molecule has 0 spiro atoms. The summed E-state index contributed by atoms with van der Waals surface area (Å²) >= 11 is 0. The molecule has 1 aromatic heterocycles. The zero-order chi connectivity index (χ0) is 11.1. The molecule has 4 nitrogen and oxygen atoms in total. The zero-order valence-electron chi connectivity index (χ0n) is 9.71. The van der Waals surface area contributed by atoms with Crippen LogP contribution in [0.4, 0.5) is 5.82 Å². The van der Waals surface area contributed by atoms with Crippen LogP contribution in [0.15, 0.2) is 6.07 Å². The van der Waals surface area contributed by atoms with E-state index in [1.54, 1.807) is 7.11 Å². The van der Waals surface area contributed by atoms with Crippen molar-refractivity contribution in [2.24, 2.45) is 0 Å². The molecular formula is C11H19N3O. The Balaban J connectivity index is 2.68. The molecule has 0 radical (unpaired) electrons. The molecule has 4 heteroatoms. The number of unbranched alkanes of at least 4 members (excludes halogenated alkanes) is 1. The third-order valence-electron chi connectivity index (χ3n) is 2.11. The molecule has 1 rings (SSSR count). The van der Waals surface area contributed by atoms with E-state index >= 15 is 0 Å². The lowest BCUT2D eigenvalue weighted by molar-refractivity contribution is 0.395. The number of methoxy groups -OCH3 is 1. The summed E-state index contributed by atoms with van der Waals surface area (Å²) in [5.74, 6) is 2.29. The van der Waals surface area contributed by atoms with Crippen molar-refractivity contribution in [2.45, 2.75) is 33.1 Å². The van der Waals surface area contributed by atoms with E-state index in [0.717, 1.165) is 31.0 Å². The number of ether oxygens (including phenoxy) is 1. The van der Waals surface area contributed by atoms with E-state index in [0.29, 0.717) is 5.88 Å². The summed E-state index contributed by atoms with van der Waals surface area (Å²) in [7, 11) is 1.62. The molecule has 0 aliphatic heterocycles. The predicted molar refractivity (Wildman–Crippen MR) is 61.4 cm³/mol. The Hall–Kier alpha value is -1.32. The van der Waals surface area contributed by atoms with Crippen LogP contribution in [0, 0.1) is 0 Å². The van der Waals surface area contributed by atoms with Gasteiger partial charge in [0.1, 0.15) is 11.6 Å². The van der Waals surface area contributed by atoms with Crippen molar-refractivity contribution >= 4 is 5.82 Å². The van der Waals surface area contributed by atoms with Crippen LogP contribution in [0.1, 0.15) is 32.5 Å². The average Bonchev–Trinajstić information content (AvgIpc) is 2.29. The number of hydrogen-bond donors (Lipinski definition) is 1. The zero-order valence-corrected chi connectivity index (χ0v) is 9.71. The molecule has 1 aromatic rings. The van der Waals surface area contributed by atoms with Crippen LogP contribution in [0.3, 0.4) is 0 Å². The number of aryl methyl sites for hydroxylation is 1. The molecule has 0 aliphatic rings. The Morgan fingerprint density at radius 2 is 2.13 bits per heavy atom. The number of nitrogens with zero attached hydrogens (tertiary/aromatic N) is 2. The molecule has 0 fully saturated rings. The Bertz CT molecular complexity index is 280. The first-order valence-corrected chi connectivity index (χ1v) is 5.46. The fourth-order valence-electron chi connectivity index (χ4n) is 1.22. The van der Waals surface area contributed by atoms with Gasteiger partial charge in [0, 0.05) is 19.0 Å². The van der Waals surface area contributed by atoms with Gasteiger partial charge in [-0.2, -0.15) is 4.98 Å². The van der Waals surface area contributed by atoms with Crippen LogP contribution in [0.2, 0.25) is 0 Å². The SMILES string of the molecule is CCCCNc1cc(OC)nc(CC)n1. The average molecular weight is 209 g/mol. The summed E-state index contributed by atoms with van der Waals surface area (Å²) < 4.78 is 5.11. The quantitative estimate of drug-likeness (QED) is 0.730. The maximum atomic E-state index is 5.11. The number of rotatable bonds is 6. The molecule has 0 bridgehead atoms. The van der Waals surface area contributed by atoms with Gasteiger partial charge >= 0.3 is 0 Å². The molecule has 15 heavy (non-hydrogen) atoms. The highest BCUT2D eigenvalue weighted by Gasteiger charge is 2.02. The van der Waals surface area contributed by atoms with Crippen LogP contribution < -0.4 is 10.1 Å². The van der Waals surface area contributed by atoms with E-state index in [1.807, 2.05) is 13.0 Å². The second-order valence-corrected chi connectivity index (χ2v) is 3.35. The van der Waals surface area contributed by atoms with Gasteiger partial charge in [0.25, 0.3) is 0 Å². The van der Waals surface area contributed by atoms with E-state index in [2.05, 4.69) is 22.2 Å². The van der Waals surface area contributed by atoms with Crippen molar-refractivity contribution in [3.05, 3.63) is 11.9 Å². The number of hydrogen-bond acceptors (Lipinski definition) is 4. The van der Waals surface area contributed by atoms with Gasteiger partial charge in [0.2, 0.25) is 5.88 Å². The van der Waals surface area contributed by atoms with Crippen molar-refractivity contribution < 1.29 is 4.74 Å². The minimum Gasteiger partial charge on any atom is -0.481 e. The van der Waals surface area contributed by atoms with Crippen LogP contribution in [0.5, 0.6) is 5.88 Å². The monoisotopic (exact) mass is 209 g/mol. The Morgan fingerprint density at radius 3 is 2.73 bits per heavy atom. The summed E-state index contributed by atoms with van der Waals surface area (Å²) in [6.07, 6.45) is 3.14. The van der Waals surface area contributed by atoms with E-state index in [4.69, 9.17) is 4.74 Å². The van der Waals surface area contributed by atoms with Crippen molar-refractivity contribution in [3.8, 4) is 5.88 Å². The molecule has 84 valence electrons. The summed E-state index contributed by atoms with van der Waals surface area (Å²) in [5, 5.41) is 3.26. The van der Waals surface area contributed by atoms with E-state index in [-0.39, 0.29) is 0 Å². The van der Waals surface area contributed by atoms with Crippen LogP contribution in [-0.4, -0.2) is 23.6 Å². The molecule has 0 unspecified atom stereocenters. The fourth-order valence-corrected chi connectivity index (χ4v) is 1.22. The largest absolute Gasteiger partial charge is 0.481 e. The minimum atomic E-state index is 0.626. The van der Waals surface area contributed by atoms with Gasteiger partial charge in [-0.3, -0.25) is 0 Å². The Kier molecular flexibility index (Phi) is 4.87. The van der Waals surface area contributed by atoms with Crippen molar-refractivity contribution in [1.29, 1.82) is 0 Å². The molecule has 0 amide bonds. The van der Waals surface area contributed by atoms with Crippen molar-refractivity contribution in [2.75, 3.05) is 19.0 Å². The van der Waals surface area contributed by atoms with Gasteiger partial charge in [-0.05, 0) is 6.42 Å². The van der Waals surface area contributed by atoms with Crippen molar-refractivity contribution in [3.63, 3.8) is 0 Å². The first-order chi connectivity index (χ1) is 7.30. The molecule has 0 aromatic carbocycles. The molecule has 0 saturated heterocycles. The maximum absolute atomic E-state index is 5.11. The van der Waals surface area contributed by atoms with Gasteiger partial charge in [0.05, 0.1) is 7.11 Å². The number of nitrogens with one attached hydrogen (secondary N) is 1. The molecule has 0 saturated carbocycles. The molecular weight excluding hydrogens is 190 g/mol. The van der Waals surface area contributed by atoms with Crippen LogP contribution in [0.25, 0.3) is 0 Å². The normalized spacial score (nSPS) is 10.1. The molecule has 0 atom stereocenters. The predicted octanol–water partition coefficient (Wildman–Crippen LogP) is 2.26. The van der Waals surface area contributed by atoms with E-state index < -0.39 is 0 Å². The van der Waals surface area contributed by atoms with Gasteiger partial charge in [0.15, 0.2) is 0 Å². The van der Waals surface area contributed by atoms with E-state index in [1.165, 1.54) is 6.42 Å². The van der Waals surface area contributed by atoms with Gasteiger partial charge < -0.3 is 10.1 Å². The summed E-state index contributed by atoms with van der Waals surface area (Å²) in [6.45, 7) is 5.14. The van der Waals surface area contributed by atoms with Crippen molar-refractivity contribution in [1.82, 2.24) is 9.97 Å². The Labute approximate surface area is 91.1 Å². The highest BCUT2D eigenvalue weighted by molar-refractivity contribution is 5.38. The fraction of sp³-hybridized carbons (Fsp3) is 0.636. The van der Waals surface area contributed by atoms with E-state index in [9.17, 15) is 0 Å². The van der Waals surface area contributed by atoms with Gasteiger partial charge in [-0.15, -0.1) is 0 Å². The van der Waals surface area contributed by atoms with Crippen LogP contribution in [-0.2, 0) is 6.42 Å². The maximum Gasteiger partial charge on any atom is 0.218 e. The highest BCUT2D eigenvalue weighted by Crippen LogP contribution is 2.13. The standard InChI is InChI=1S/C11H19N3O/c1-4-6-7-12-10-8-11(15-3)14-9(5-2)13-10/h8H,4-7H2,1-3H3,(H,12,13,14). The highest BCUT2D eigenvalue weighted by atomic mass is 16.5. The molecule has 0 aliphatic carbocycles. The molecule has 1 N–H and O–H groups in total. The lowest BCUT2D eigenvalue weighted by atomic mass is 10.3. The smallest absolute Gasteiger partial charge is 0.218 e. The lowest BCUT2D eigenvalue weighted by Crippen LogP contribution is -2.06. The second-order valence-electron chi connectivity index (χ2n) is 3.35. The topological polar surface area (TPSA) is 47.0 Å². The minimum absolute atomic E-state index is 0.626. The number of aromatic nitrogens is 2. The summed E-state index contributed by atoms with van der Waals surface area (Å²) in [6, 6.07) is 1.83. The Morgan fingerprint density at radius 1 is 1.33 bits per heavy atom. The number of anilines is 1. The van der Waals surface area contributed by atoms with Gasteiger partial charge in [-0.1, -0.05) is 20.3 Å². The molecule has 1 heterocycles. The van der Waals surface area contributed by atoms with Gasteiger partial charge in [-0.25, -0.2) is 4.98 Å². The first kappa shape index (κ1) is 11.8.